The van der Waals surface area contributed by atoms with Crippen LogP contribution < -0.4 is 0 Å². The predicted octanol–water partition coefficient (Wildman–Crippen LogP) is 3.23. The number of benzene rings is 2. The van der Waals surface area contributed by atoms with Gasteiger partial charge < -0.3 is 9.64 Å². The molecule has 0 N–H and O–H groups in total. The fourth-order valence-corrected chi connectivity index (χ4v) is 2.70. The van der Waals surface area contributed by atoms with Crippen LogP contribution in [0, 0.1) is 0 Å². The second-order valence-corrected chi connectivity index (χ2v) is 5.50. The van der Waals surface area contributed by atoms with E-state index in [9.17, 15) is 9.59 Å². The number of amides is 1. The molecule has 0 aliphatic carbocycles. The summed E-state index contributed by atoms with van der Waals surface area (Å²) in [4.78, 5) is 26.3. The van der Waals surface area contributed by atoms with Crippen LogP contribution >= 0.6 is 0 Å². The normalized spacial score (nSPS) is 10.5. The van der Waals surface area contributed by atoms with E-state index in [0.29, 0.717) is 13.1 Å². The van der Waals surface area contributed by atoms with Gasteiger partial charge in [-0.3, -0.25) is 9.59 Å². The topological polar surface area (TPSA) is 46.6 Å². The smallest absolute Gasteiger partial charge is 0.307 e. The zero-order valence-electron chi connectivity index (χ0n) is 14.1. The van der Waals surface area contributed by atoms with E-state index in [4.69, 9.17) is 0 Å². The van der Waals surface area contributed by atoms with Crippen LogP contribution in [-0.2, 0) is 14.3 Å². The van der Waals surface area contributed by atoms with Crippen molar-refractivity contribution >= 4 is 11.9 Å². The van der Waals surface area contributed by atoms with Gasteiger partial charge in [0.2, 0.25) is 5.91 Å². The number of nitrogens with zero attached hydrogens (tertiary/aromatic N) is 1. The van der Waals surface area contributed by atoms with Gasteiger partial charge in [0.05, 0.1) is 19.4 Å². The lowest BCUT2D eigenvalue weighted by Crippen LogP contribution is -2.37. The van der Waals surface area contributed by atoms with E-state index in [-0.39, 0.29) is 24.2 Å². The molecule has 1 amide bonds. The summed E-state index contributed by atoms with van der Waals surface area (Å²) >= 11 is 0. The molecule has 0 unspecified atom stereocenters. The number of methoxy groups -OCH3 is 1. The summed E-state index contributed by atoms with van der Waals surface area (Å²) in [7, 11) is 1.36. The van der Waals surface area contributed by atoms with Crippen molar-refractivity contribution in [3.05, 3.63) is 71.8 Å². The molecule has 0 saturated carbocycles. The lowest BCUT2D eigenvalue weighted by molar-refractivity contribution is -0.141. The van der Waals surface area contributed by atoms with Gasteiger partial charge in [0, 0.05) is 13.1 Å². The van der Waals surface area contributed by atoms with Crippen LogP contribution in [0.3, 0.4) is 0 Å². The molecule has 2 aromatic carbocycles. The molecule has 0 fully saturated rings. The summed E-state index contributed by atoms with van der Waals surface area (Å²) in [6, 6.07) is 19.5. The van der Waals surface area contributed by atoms with Crippen LogP contribution in [0.15, 0.2) is 60.7 Å². The number of hydrogen-bond acceptors (Lipinski definition) is 3. The Kier molecular flexibility index (Phi) is 6.55. The highest BCUT2D eigenvalue weighted by Gasteiger charge is 2.26. The first-order valence-electron chi connectivity index (χ1n) is 8.12. The van der Waals surface area contributed by atoms with E-state index in [0.717, 1.165) is 11.1 Å². The average molecular weight is 325 g/mol. The van der Waals surface area contributed by atoms with Gasteiger partial charge in [-0.1, -0.05) is 60.7 Å². The largest absolute Gasteiger partial charge is 0.469 e. The minimum Gasteiger partial charge on any atom is -0.469 e. The highest BCUT2D eigenvalue weighted by molar-refractivity contribution is 5.87. The van der Waals surface area contributed by atoms with Crippen molar-refractivity contribution in [1.82, 2.24) is 4.90 Å². The molecule has 0 saturated heterocycles. The summed E-state index contributed by atoms with van der Waals surface area (Å²) in [6.45, 7) is 2.83. The van der Waals surface area contributed by atoms with Crippen LogP contribution in [-0.4, -0.2) is 37.0 Å². The van der Waals surface area contributed by atoms with E-state index in [1.54, 1.807) is 4.90 Å². The quantitative estimate of drug-likeness (QED) is 0.734. The maximum atomic E-state index is 13.2. The van der Waals surface area contributed by atoms with Crippen molar-refractivity contribution in [2.75, 3.05) is 20.2 Å². The van der Waals surface area contributed by atoms with E-state index >= 15 is 0 Å². The van der Waals surface area contributed by atoms with Crippen molar-refractivity contribution in [1.29, 1.82) is 0 Å². The van der Waals surface area contributed by atoms with Gasteiger partial charge in [0.1, 0.15) is 0 Å². The SMILES string of the molecule is CCN(CCC(=O)OC)C(=O)C(c1ccccc1)c1ccccc1. The fourth-order valence-electron chi connectivity index (χ4n) is 2.70. The van der Waals surface area contributed by atoms with Crippen LogP contribution in [0.25, 0.3) is 0 Å². The van der Waals surface area contributed by atoms with E-state index in [1.807, 2.05) is 67.6 Å². The molecule has 2 aromatic rings. The Hall–Kier alpha value is -2.62. The second kappa shape index (κ2) is 8.87. The Bertz CT molecular complexity index is 616. The lowest BCUT2D eigenvalue weighted by atomic mass is 9.90. The first kappa shape index (κ1) is 17.7. The Morgan fingerprint density at radius 3 is 1.88 bits per heavy atom. The Morgan fingerprint density at radius 1 is 0.958 bits per heavy atom. The zero-order chi connectivity index (χ0) is 17.4. The van der Waals surface area contributed by atoms with Gasteiger partial charge in [-0.2, -0.15) is 0 Å². The fraction of sp³-hybridized carbons (Fsp3) is 0.300. The van der Waals surface area contributed by atoms with Crippen LogP contribution in [0.5, 0.6) is 0 Å². The second-order valence-electron chi connectivity index (χ2n) is 5.50. The molecule has 0 aliphatic rings. The van der Waals surface area contributed by atoms with Gasteiger partial charge in [-0.05, 0) is 18.1 Å². The Labute approximate surface area is 143 Å². The number of hydrogen-bond donors (Lipinski definition) is 0. The molecular weight excluding hydrogens is 302 g/mol. The standard InChI is InChI=1S/C20H23NO3/c1-3-21(15-14-18(22)24-2)20(23)19(16-10-6-4-7-11-16)17-12-8-5-9-13-17/h4-13,19H,3,14-15H2,1-2H3. The highest BCUT2D eigenvalue weighted by Crippen LogP contribution is 2.26. The molecule has 126 valence electrons. The molecule has 0 bridgehead atoms. The van der Waals surface area contributed by atoms with Crippen molar-refractivity contribution in [3.63, 3.8) is 0 Å². The number of likely N-dealkylation sites (N-methyl/N-ethyl adjacent to an activating group) is 1. The molecule has 0 radical (unpaired) electrons. The van der Waals surface area contributed by atoms with Gasteiger partial charge in [0.15, 0.2) is 0 Å². The number of carbonyl (C=O) groups is 2. The molecule has 4 nitrogen and oxygen atoms in total. The number of carbonyl (C=O) groups excluding carboxylic acids is 2. The minimum absolute atomic E-state index is 0.00111. The maximum absolute atomic E-state index is 13.2. The average Bonchev–Trinajstić information content (AvgIpc) is 2.64. The Morgan fingerprint density at radius 2 is 1.46 bits per heavy atom. The molecule has 0 heterocycles. The lowest BCUT2D eigenvalue weighted by Gasteiger charge is -2.26. The molecular formula is C20H23NO3. The van der Waals surface area contributed by atoms with Crippen LogP contribution in [0.4, 0.5) is 0 Å². The zero-order valence-corrected chi connectivity index (χ0v) is 14.1. The van der Waals surface area contributed by atoms with Crippen molar-refractivity contribution in [3.8, 4) is 0 Å². The van der Waals surface area contributed by atoms with Crippen molar-refractivity contribution < 1.29 is 14.3 Å². The molecule has 0 aliphatic heterocycles. The summed E-state index contributed by atoms with van der Waals surface area (Å²) in [5.74, 6) is -0.680. The summed E-state index contributed by atoms with van der Waals surface area (Å²) in [5.41, 5.74) is 1.90. The number of esters is 1. The predicted molar refractivity (Wildman–Crippen MR) is 93.6 cm³/mol. The summed E-state index contributed by atoms with van der Waals surface area (Å²) in [6.07, 6.45) is 0.201. The van der Waals surface area contributed by atoms with Gasteiger partial charge in [-0.15, -0.1) is 0 Å². The highest BCUT2D eigenvalue weighted by atomic mass is 16.5. The molecule has 0 atom stereocenters. The van der Waals surface area contributed by atoms with Crippen LogP contribution in [0.2, 0.25) is 0 Å². The van der Waals surface area contributed by atoms with E-state index < -0.39 is 0 Å². The Balaban J connectivity index is 2.29. The molecule has 4 heteroatoms. The number of rotatable bonds is 7. The molecule has 0 spiro atoms. The monoisotopic (exact) mass is 325 g/mol. The van der Waals surface area contributed by atoms with Gasteiger partial charge in [0.25, 0.3) is 0 Å². The van der Waals surface area contributed by atoms with Gasteiger partial charge >= 0.3 is 5.97 Å². The summed E-state index contributed by atoms with van der Waals surface area (Å²) < 4.78 is 4.68. The summed E-state index contributed by atoms with van der Waals surface area (Å²) in [5, 5.41) is 0. The molecule has 24 heavy (non-hydrogen) atoms. The molecule has 0 aromatic heterocycles. The van der Waals surface area contributed by atoms with Crippen molar-refractivity contribution in [2.45, 2.75) is 19.3 Å². The minimum atomic E-state index is -0.370. The van der Waals surface area contributed by atoms with E-state index in [1.165, 1.54) is 7.11 Å². The van der Waals surface area contributed by atoms with Crippen LogP contribution in [0.1, 0.15) is 30.4 Å². The maximum Gasteiger partial charge on any atom is 0.307 e. The van der Waals surface area contributed by atoms with Crippen molar-refractivity contribution in [2.24, 2.45) is 0 Å². The third-order valence-electron chi connectivity index (χ3n) is 4.02. The first-order chi connectivity index (χ1) is 11.7. The number of ether oxygens (including phenoxy) is 1. The third kappa shape index (κ3) is 4.44. The third-order valence-corrected chi connectivity index (χ3v) is 4.02. The van der Waals surface area contributed by atoms with Gasteiger partial charge in [-0.25, -0.2) is 0 Å². The molecule has 2 rings (SSSR count). The first-order valence-corrected chi connectivity index (χ1v) is 8.12. The van der Waals surface area contributed by atoms with E-state index in [2.05, 4.69) is 4.74 Å².